The Morgan fingerprint density at radius 3 is 2.29 bits per heavy atom. The van der Waals surface area contributed by atoms with Crippen molar-refractivity contribution in [2.24, 2.45) is 5.73 Å². The third-order valence-electron chi connectivity index (χ3n) is 4.86. The smallest absolute Gasteiger partial charge is 0.340 e. The van der Waals surface area contributed by atoms with Crippen LogP contribution in [-0.2, 0) is 9.53 Å². The van der Waals surface area contributed by atoms with Crippen LogP contribution in [0.3, 0.4) is 0 Å². The minimum atomic E-state index is -0.545. The lowest BCUT2D eigenvalue weighted by Crippen LogP contribution is -2.34. The first kappa shape index (κ1) is 23.7. The zero-order valence-electron chi connectivity index (χ0n) is 18.2. The summed E-state index contributed by atoms with van der Waals surface area (Å²) in [6.07, 6.45) is 0.0840. The van der Waals surface area contributed by atoms with Crippen molar-refractivity contribution in [3.8, 4) is 0 Å². The molecule has 1 heterocycles. The summed E-state index contributed by atoms with van der Waals surface area (Å²) in [5.74, 6) is -1.59. The van der Waals surface area contributed by atoms with Gasteiger partial charge < -0.3 is 25.7 Å². The Morgan fingerprint density at radius 1 is 1.10 bits per heavy atom. The highest BCUT2D eigenvalue weighted by Crippen LogP contribution is 2.21. The van der Waals surface area contributed by atoms with Crippen LogP contribution in [0, 0.1) is 13.8 Å². The molecule has 3 amide bonds. The van der Waals surface area contributed by atoms with E-state index in [0.29, 0.717) is 40.3 Å². The number of rotatable bonds is 9. The highest BCUT2D eigenvalue weighted by Gasteiger charge is 2.25. The molecule has 0 aliphatic rings. The van der Waals surface area contributed by atoms with Gasteiger partial charge in [-0.15, -0.1) is 0 Å². The van der Waals surface area contributed by atoms with Gasteiger partial charge in [0.05, 0.1) is 12.2 Å². The SMILES string of the molecule is CCOC(=O)c1c(C)[nH]c(C(=O)N(CC)CCC(=O)Nc2ccc(C(N)=O)cc2)c1C. The topological polar surface area (TPSA) is 135 Å². The van der Waals surface area contributed by atoms with E-state index in [4.69, 9.17) is 10.5 Å². The Balaban J connectivity index is 2.03. The number of esters is 1. The zero-order valence-corrected chi connectivity index (χ0v) is 18.2. The van der Waals surface area contributed by atoms with Gasteiger partial charge in [0.15, 0.2) is 0 Å². The average molecular weight is 428 g/mol. The number of nitrogens with zero attached hydrogens (tertiary/aromatic N) is 1. The number of primary amides is 1. The quantitative estimate of drug-likeness (QED) is 0.527. The first-order valence-corrected chi connectivity index (χ1v) is 10.0. The van der Waals surface area contributed by atoms with E-state index >= 15 is 0 Å². The van der Waals surface area contributed by atoms with E-state index in [2.05, 4.69) is 10.3 Å². The van der Waals surface area contributed by atoms with Crippen LogP contribution in [-0.4, -0.2) is 53.3 Å². The molecule has 0 aliphatic heterocycles. The average Bonchev–Trinajstić information content (AvgIpc) is 3.02. The third-order valence-corrected chi connectivity index (χ3v) is 4.86. The van der Waals surface area contributed by atoms with Gasteiger partial charge in [0.2, 0.25) is 11.8 Å². The van der Waals surface area contributed by atoms with Crippen molar-refractivity contribution in [2.45, 2.75) is 34.1 Å². The van der Waals surface area contributed by atoms with Gasteiger partial charge in [-0.1, -0.05) is 0 Å². The third kappa shape index (κ3) is 5.71. The Kier molecular flexibility index (Phi) is 7.95. The van der Waals surface area contributed by atoms with Gasteiger partial charge in [-0.05, 0) is 57.5 Å². The van der Waals surface area contributed by atoms with E-state index in [1.807, 2.05) is 6.92 Å². The van der Waals surface area contributed by atoms with Crippen molar-refractivity contribution in [3.63, 3.8) is 0 Å². The first-order chi connectivity index (χ1) is 14.7. The number of hydrogen-bond donors (Lipinski definition) is 3. The summed E-state index contributed by atoms with van der Waals surface area (Å²) in [5.41, 5.74) is 7.83. The van der Waals surface area contributed by atoms with E-state index in [1.165, 1.54) is 17.0 Å². The molecule has 0 saturated heterocycles. The van der Waals surface area contributed by atoms with E-state index in [-0.39, 0.29) is 31.4 Å². The number of nitrogens with two attached hydrogens (primary N) is 1. The summed E-state index contributed by atoms with van der Waals surface area (Å²) < 4.78 is 5.06. The number of hydrogen-bond acceptors (Lipinski definition) is 5. The molecule has 0 radical (unpaired) electrons. The second kappa shape index (κ2) is 10.4. The summed E-state index contributed by atoms with van der Waals surface area (Å²) in [7, 11) is 0. The number of nitrogens with one attached hydrogen (secondary N) is 2. The Morgan fingerprint density at radius 2 is 1.74 bits per heavy atom. The van der Waals surface area contributed by atoms with Crippen LogP contribution in [0.5, 0.6) is 0 Å². The van der Waals surface area contributed by atoms with Crippen molar-refractivity contribution in [2.75, 3.05) is 25.0 Å². The summed E-state index contributed by atoms with van der Waals surface area (Å²) in [5, 5.41) is 2.72. The van der Waals surface area contributed by atoms with E-state index < -0.39 is 11.9 Å². The number of aromatic amines is 1. The largest absolute Gasteiger partial charge is 0.462 e. The van der Waals surface area contributed by atoms with E-state index in [1.54, 1.807) is 32.9 Å². The van der Waals surface area contributed by atoms with Gasteiger partial charge in [-0.25, -0.2) is 4.79 Å². The van der Waals surface area contributed by atoms with Gasteiger partial charge in [0, 0.05) is 36.5 Å². The summed E-state index contributed by atoms with van der Waals surface area (Å²) in [6.45, 7) is 7.78. The van der Waals surface area contributed by atoms with Crippen LogP contribution in [0.4, 0.5) is 5.69 Å². The molecule has 0 bridgehead atoms. The number of anilines is 1. The van der Waals surface area contributed by atoms with Crippen LogP contribution < -0.4 is 11.1 Å². The molecule has 4 N–H and O–H groups in total. The number of benzene rings is 1. The fraction of sp³-hybridized carbons (Fsp3) is 0.364. The Bertz CT molecular complexity index is 979. The van der Waals surface area contributed by atoms with Crippen molar-refractivity contribution >= 4 is 29.4 Å². The molecule has 0 atom stereocenters. The van der Waals surface area contributed by atoms with Crippen molar-refractivity contribution in [1.29, 1.82) is 0 Å². The number of amides is 3. The van der Waals surface area contributed by atoms with Gasteiger partial charge in [0.25, 0.3) is 5.91 Å². The second-order valence-corrected chi connectivity index (χ2v) is 6.97. The molecule has 1 aromatic carbocycles. The number of aryl methyl sites for hydroxylation is 1. The molecule has 9 heteroatoms. The second-order valence-electron chi connectivity index (χ2n) is 6.97. The summed E-state index contributed by atoms with van der Waals surface area (Å²) in [4.78, 5) is 53.1. The lowest BCUT2D eigenvalue weighted by atomic mass is 10.1. The number of ether oxygens (including phenoxy) is 1. The molecule has 1 aromatic heterocycles. The van der Waals surface area contributed by atoms with Crippen molar-refractivity contribution in [1.82, 2.24) is 9.88 Å². The molecule has 9 nitrogen and oxygen atoms in total. The number of aromatic nitrogens is 1. The van der Waals surface area contributed by atoms with Gasteiger partial charge in [-0.2, -0.15) is 0 Å². The lowest BCUT2D eigenvalue weighted by Gasteiger charge is -2.20. The minimum absolute atomic E-state index is 0.0840. The highest BCUT2D eigenvalue weighted by molar-refractivity contribution is 6.01. The number of H-pyrrole nitrogens is 1. The monoisotopic (exact) mass is 428 g/mol. The number of carbonyl (C=O) groups is 4. The molecule has 0 saturated carbocycles. The minimum Gasteiger partial charge on any atom is -0.462 e. The normalized spacial score (nSPS) is 10.5. The molecule has 2 rings (SSSR count). The number of carbonyl (C=O) groups excluding carboxylic acids is 4. The summed E-state index contributed by atoms with van der Waals surface area (Å²) >= 11 is 0. The van der Waals surface area contributed by atoms with Crippen LogP contribution in [0.2, 0.25) is 0 Å². The van der Waals surface area contributed by atoms with Gasteiger partial charge in [-0.3, -0.25) is 14.4 Å². The van der Waals surface area contributed by atoms with Crippen LogP contribution in [0.15, 0.2) is 24.3 Å². The molecule has 0 fully saturated rings. The van der Waals surface area contributed by atoms with Crippen LogP contribution >= 0.6 is 0 Å². The lowest BCUT2D eigenvalue weighted by molar-refractivity contribution is -0.116. The van der Waals surface area contributed by atoms with Gasteiger partial charge in [0.1, 0.15) is 5.69 Å². The van der Waals surface area contributed by atoms with E-state index in [9.17, 15) is 19.2 Å². The van der Waals surface area contributed by atoms with Crippen molar-refractivity contribution < 1.29 is 23.9 Å². The fourth-order valence-corrected chi connectivity index (χ4v) is 3.21. The molecule has 166 valence electrons. The molecule has 0 spiro atoms. The van der Waals surface area contributed by atoms with Crippen molar-refractivity contribution in [3.05, 3.63) is 52.3 Å². The van der Waals surface area contributed by atoms with Gasteiger partial charge >= 0.3 is 5.97 Å². The highest BCUT2D eigenvalue weighted by atomic mass is 16.5. The maximum absolute atomic E-state index is 13.0. The Hall–Kier alpha value is -3.62. The predicted octanol–water partition coefficient (Wildman–Crippen LogP) is 2.40. The standard InChI is InChI=1S/C22H28N4O5/c1-5-26(12-11-17(27)25-16-9-7-15(8-10-16)20(23)28)21(29)19-13(3)18(14(4)24-19)22(30)31-6-2/h7-10,24H,5-6,11-12H2,1-4H3,(H2,23,28)(H,25,27). The van der Waals surface area contributed by atoms with Crippen LogP contribution in [0.25, 0.3) is 0 Å². The fourth-order valence-electron chi connectivity index (χ4n) is 3.21. The molecule has 0 unspecified atom stereocenters. The van der Waals surface area contributed by atoms with Crippen LogP contribution in [0.1, 0.15) is 62.7 Å². The predicted molar refractivity (Wildman–Crippen MR) is 116 cm³/mol. The van der Waals surface area contributed by atoms with E-state index in [0.717, 1.165) is 0 Å². The summed E-state index contributed by atoms with van der Waals surface area (Å²) in [6, 6.07) is 6.22. The molecular formula is C22H28N4O5. The molecule has 0 aliphatic carbocycles. The molecule has 31 heavy (non-hydrogen) atoms. The first-order valence-electron chi connectivity index (χ1n) is 10.0. The molecule has 2 aromatic rings. The molecular weight excluding hydrogens is 400 g/mol. The maximum Gasteiger partial charge on any atom is 0.340 e. The zero-order chi connectivity index (χ0) is 23.1. The Labute approximate surface area is 180 Å². The maximum atomic E-state index is 13.0.